The molecule has 2 aromatic carbocycles. The lowest BCUT2D eigenvalue weighted by Crippen LogP contribution is -2.26. The SMILES string of the molecule is CC(NC(=O)c1ccc(Cl)c(N)c1)c1ccc(Cl)c(Cl)c1. The molecule has 0 saturated carbocycles. The molecule has 1 unspecified atom stereocenters. The van der Waals surface area contributed by atoms with Crippen molar-refractivity contribution in [2.75, 3.05) is 5.73 Å². The molecule has 0 saturated heterocycles. The summed E-state index contributed by atoms with van der Waals surface area (Å²) in [6.45, 7) is 1.86. The van der Waals surface area contributed by atoms with Gasteiger partial charge in [0.1, 0.15) is 0 Å². The van der Waals surface area contributed by atoms with Gasteiger partial charge in [-0.05, 0) is 42.8 Å². The minimum atomic E-state index is -0.239. The van der Waals surface area contributed by atoms with Gasteiger partial charge in [-0.25, -0.2) is 0 Å². The second kappa shape index (κ2) is 6.56. The van der Waals surface area contributed by atoms with Gasteiger partial charge in [0.05, 0.1) is 26.8 Å². The molecule has 0 fully saturated rings. The van der Waals surface area contributed by atoms with Crippen molar-refractivity contribution in [1.29, 1.82) is 0 Å². The number of nitrogens with one attached hydrogen (secondary N) is 1. The van der Waals surface area contributed by atoms with Crippen molar-refractivity contribution in [1.82, 2.24) is 5.32 Å². The summed E-state index contributed by atoms with van der Waals surface area (Å²) in [4.78, 5) is 12.2. The fourth-order valence-corrected chi connectivity index (χ4v) is 2.25. The fourth-order valence-electron chi connectivity index (χ4n) is 1.83. The lowest BCUT2D eigenvalue weighted by atomic mass is 10.1. The lowest BCUT2D eigenvalue weighted by molar-refractivity contribution is 0.0940. The number of amides is 1. The van der Waals surface area contributed by atoms with Crippen LogP contribution in [0.5, 0.6) is 0 Å². The van der Waals surface area contributed by atoms with Gasteiger partial charge < -0.3 is 11.1 Å². The summed E-state index contributed by atoms with van der Waals surface area (Å²) in [5, 5.41) is 4.21. The Kier molecular flexibility index (Phi) is 4.99. The zero-order valence-electron chi connectivity index (χ0n) is 11.2. The van der Waals surface area contributed by atoms with Gasteiger partial charge in [0.25, 0.3) is 5.91 Å². The molecule has 0 aliphatic rings. The van der Waals surface area contributed by atoms with Crippen molar-refractivity contribution in [3.8, 4) is 0 Å². The molecule has 0 radical (unpaired) electrons. The summed E-state index contributed by atoms with van der Waals surface area (Å²) < 4.78 is 0. The Hall–Kier alpha value is -1.42. The third-order valence-corrected chi connectivity index (χ3v) is 4.13. The average Bonchev–Trinajstić information content (AvgIpc) is 2.44. The van der Waals surface area contributed by atoms with E-state index >= 15 is 0 Å². The highest BCUT2D eigenvalue weighted by atomic mass is 35.5. The van der Waals surface area contributed by atoms with Gasteiger partial charge in [-0.15, -0.1) is 0 Å². The second-order valence-electron chi connectivity index (χ2n) is 4.60. The third kappa shape index (κ3) is 3.82. The van der Waals surface area contributed by atoms with Crippen molar-refractivity contribution in [3.05, 3.63) is 62.6 Å². The molecule has 6 heteroatoms. The monoisotopic (exact) mass is 342 g/mol. The van der Waals surface area contributed by atoms with E-state index in [4.69, 9.17) is 40.5 Å². The van der Waals surface area contributed by atoms with Crippen LogP contribution in [0.3, 0.4) is 0 Å². The van der Waals surface area contributed by atoms with Crippen LogP contribution >= 0.6 is 34.8 Å². The first-order valence-corrected chi connectivity index (χ1v) is 7.32. The number of hydrogen-bond donors (Lipinski definition) is 2. The average molecular weight is 344 g/mol. The molecular formula is C15H13Cl3N2O. The number of halogens is 3. The molecule has 3 nitrogen and oxygen atoms in total. The molecule has 0 bridgehead atoms. The van der Waals surface area contributed by atoms with Crippen molar-refractivity contribution < 1.29 is 4.79 Å². The molecule has 3 N–H and O–H groups in total. The molecule has 0 aliphatic carbocycles. The number of carbonyl (C=O) groups excluding carboxylic acids is 1. The van der Waals surface area contributed by atoms with E-state index in [1.54, 1.807) is 30.3 Å². The second-order valence-corrected chi connectivity index (χ2v) is 5.83. The first kappa shape index (κ1) is 16.0. The number of anilines is 1. The minimum Gasteiger partial charge on any atom is -0.398 e. The Morgan fingerprint density at radius 1 is 1.05 bits per heavy atom. The van der Waals surface area contributed by atoms with E-state index < -0.39 is 0 Å². The molecule has 110 valence electrons. The van der Waals surface area contributed by atoms with E-state index in [0.717, 1.165) is 5.56 Å². The number of rotatable bonds is 3. The number of hydrogen-bond acceptors (Lipinski definition) is 2. The molecule has 0 spiro atoms. The van der Waals surface area contributed by atoms with Crippen LogP contribution in [-0.4, -0.2) is 5.91 Å². The Labute approximate surface area is 138 Å². The summed E-state index contributed by atoms with van der Waals surface area (Å²) in [6.07, 6.45) is 0. The van der Waals surface area contributed by atoms with Gasteiger partial charge in [-0.1, -0.05) is 40.9 Å². The summed E-state index contributed by atoms with van der Waals surface area (Å²) >= 11 is 17.7. The van der Waals surface area contributed by atoms with Crippen LogP contribution in [0.4, 0.5) is 5.69 Å². The molecular weight excluding hydrogens is 331 g/mol. The zero-order valence-corrected chi connectivity index (χ0v) is 13.4. The summed E-state index contributed by atoms with van der Waals surface area (Å²) in [7, 11) is 0. The predicted molar refractivity (Wildman–Crippen MR) is 88.2 cm³/mol. The van der Waals surface area contributed by atoms with Crippen LogP contribution in [0.15, 0.2) is 36.4 Å². The summed E-state index contributed by atoms with van der Waals surface area (Å²) in [5.41, 5.74) is 7.37. The predicted octanol–water partition coefficient (Wildman–Crippen LogP) is 4.72. The van der Waals surface area contributed by atoms with E-state index in [2.05, 4.69) is 5.32 Å². The standard InChI is InChI=1S/C15H13Cl3N2O/c1-8(9-2-4-11(16)13(18)6-9)20-15(21)10-3-5-12(17)14(19)7-10/h2-8H,19H2,1H3,(H,20,21). The molecule has 2 rings (SSSR count). The third-order valence-electron chi connectivity index (χ3n) is 3.05. The van der Waals surface area contributed by atoms with Crippen molar-refractivity contribution in [2.24, 2.45) is 0 Å². The topological polar surface area (TPSA) is 55.1 Å². The van der Waals surface area contributed by atoms with Gasteiger partial charge in [-0.3, -0.25) is 4.79 Å². The minimum absolute atomic E-state index is 0.218. The fraction of sp³-hybridized carbons (Fsp3) is 0.133. The van der Waals surface area contributed by atoms with E-state index in [0.29, 0.717) is 26.3 Å². The highest BCUT2D eigenvalue weighted by Gasteiger charge is 2.13. The molecule has 21 heavy (non-hydrogen) atoms. The Morgan fingerprint density at radius 3 is 2.33 bits per heavy atom. The van der Waals surface area contributed by atoms with E-state index in [1.165, 1.54) is 0 Å². The first-order valence-electron chi connectivity index (χ1n) is 6.19. The molecule has 0 aromatic heterocycles. The molecule has 2 aromatic rings. The normalized spacial score (nSPS) is 12.0. The zero-order chi connectivity index (χ0) is 15.6. The lowest BCUT2D eigenvalue weighted by Gasteiger charge is -2.15. The quantitative estimate of drug-likeness (QED) is 0.792. The molecule has 0 aliphatic heterocycles. The molecule has 1 amide bonds. The van der Waals surface area contributed by atoms with E-state index in [-0.39, 0.29) is 11.9 Å². The summed E-state index contributed by atoms with van der Waals surface area (Å²) in [6, 6.07) is 9.77. The Balaban J connectivity index is 2.14. The number of nitrogen functional groups attached to an aromatic ring is 1. The smallest absolute Gasteiger partial charge is 0.251 e. The molecule has 0 heterocycles. The van der Waals surface area contributed by atoms with Crippen molar-refractivity contribution in [3.63, 3.8) is 0 Å². The van der Waals surface area contributed by atoms with Crippen molar-refractivity contribution in [2.45, 2.75) is 13.0 Å². The van der Waals surface area contributed by atoms with Gasteiger partial charge in [0.2, 0.25) is 0 Å². The van der Waals surface area contributed by atoms with Crippen molar-refractivity contribution >= 4 is 46.4 Å². The maximum absolute atomic E-state index is 12.2. The van der Waals surface area contributed by atoms with Crippen LogP contribution in [0.1, 0.15) is 28.9 Å². The maximum Gasteiger partial charge on any atom is 0.251 e. The Morgan fingerprint density at radius 2 is 1.71 bits per heavy atom. The molecule has 1 atom stereocenters. The number of nitrogens with two attached hydrogens (primary N) is 1. The van der Waals surface area contributed by atoms with Crippen LogP contribution in [0.25, 0.3) is 0 Å². The van der Waals surface area contributed by atoms with Crippen LogP contribution in [0, 0.1) is 0 Å². The van der Waals surface area contributed by atoms with Gasteiger partial charge in [-0.2, -0.15) is 0 Å². The van der Waals surface area contributed by atoms with Crippen LogP contribution in [0.2, 0.25) is 15.1 Å². The largest absolute Gasteiger partial charge is 0.398 e. The maximum atomic E-state index is 12.2. The highest BCUT2D eigenvalue weighted by Crippen LogP contribution is 2.26. The van der Waals surface area contributed by atoms with Crippen LogP contribution in [-0.2, 0) is 0 Å². The van der Waals surface area contributed by atoms with E-state index in [1.807, 2.05) is 13.0 Å². The van der Waals surface area contributed by atoms with Crippen LogP contribution < -0.4 is 11.1 Å². The first-order chi connectivity index (χ1) is 9.88. The Bertz CT molecular complexity index is 689. The highest BCUT2D eigenvalue weighted by molar-refractivity contribution is 6.42. The van der Waals surface area contributed by atoms with Gasteiger partial charge in [0, 0.05) is 5.56 Å². The number of benzene rings is 2. The van der Waals surface area contributed by atoms with Gasteiger partial charge in [0.15, 0.2) is 0 Å². The summed E-state index contributed by atoms with van der Waals surface area (Å²) in [5.74, 6) is -0.239. The number of carbonyl (C=O) groups is 1. The van der Waals surface area contributed by atoms with E-state index in [9.17, 15) is 4.79 Å². The van der Waals surface area contributed by atoms with Gasteiger partial charge >= 0.3 is 0 Å².